The van der Waals surface area contributed by atoms with E-state index in [0.717, 1.165) is 0 Å². The van der Waals surface area contributed by atoms with Crippen molar-refractivity contribution in [1.82, 2.24) is 5.32 Å². The van der Waals surface area contributed by atoms with Gasteiger partial charge in [-0.05, 0) is 17.7 Å². The number of hydrogen-bond acceptors (Lipinski definition) is 5. The quantitative estimate of drug-likeness (QED) is 0.299. The molecule has 1 amide bonds. The van der Waals surface area contributed by atoms with Crippen LogP contribution in [0.25, 0.3) is 0 Å². The van der Waals surface area contributed by atoms with Crippen LogP contribution < -0.4 is 34.9 Å². The number of nitrogens with zero attached hydrogens (tertiary/aromatic N) is 1. The Labute approximate surface area is 145 Å². The van der Waals surface area contributed by atoms with Crippen LogP contribution in [0.4, 0.5) is 5.69 Å². The van der Waals surface area contributed by atoms with Gasteiger partial charge < -0.3 is 21.3 Å². The molecule has 0 saturated heterocycles. The molecule has 21 heavy (non-hydrogen) atoms. The van der Waals surface area contributed by atoms with Gasteiger partial charge in [-0.2, -0.15) is 6.92 Å². The van der Waals surface area contributed by atoms with Crippen molar-refractivity contribution in [3.8, 4) is 0 Å². The fourth-order valence-corrected chi connectivity index (χ4v) is 1.11. The minimum Gasteiger partial charge on any atom is -0.650 e. The number of benzene rings is 1. The molecule has 1 N–H and O–H groups in total. The number of amides is 1. The molecular formula is C13H16N2NaO5-. The minimum absolute atomic E-state index is 0. The number of ether oxygens (including phenoxy) is 1. The van der Waals surface area contributed by atoms with E-state index in [1.165, 1.54) is 30.7 Å². The number of nitro benzene ring substituents is 1. The summed E-state index contributed by atoms with van der Waals surface area (Å²) >= 11 is 0. The summed E-state index contributed by atoms with van der Waals surface area (Å²) in [5.74, 6) is 0.0718. The first-order valence-corrected chi connectivity index (χ1v) is 5.75. The maximum absolute atomic E-state index is 10.3. The zero-order valence-electron chi connectivity index (χ0n) is 12.3. The molecule has 0 fully saturated rings. The number of rotatable bonds is 6. The van der Waals surface area contributed by atoms with Crippen molar-refractivity contribution in [1.29, 1.82) is 0 Å². The molecule has 0 saturated carbocycles. The summed E-state index contributed by atoms with van der Waals surface area (Å²) < 4.78 is 4.34. The van der Waals surface area contributed by atoms with Crippen LogP contribution in [-0.2, 0) is 20.9 Å². The maximum atomic E-state index is 10.3. The van der Waals surface area contributed by atoms with Crippen molar-refractivity contribution < 1.29 is 48.8 Å². The molecule has 0 aliphatic rings. The van der Waals surface area contributed by atoms with E-state index in [0.29, 0.717) is 12.0 Å². The van der Waals surface area contributed by atoms with Gasteiger partial charge in [0.05, 0.1) is 11.5 Å². The molecule has 0 aliphatic heterocycles. The van der Waals surface area contributed by atoms with Gasteiger partial charge in [0.1, 0.15) is 0 Å². The van der Waals surface area contributed by atoms with E-state index in [1.807, 2.05) is 13.3 Å². The Morgan fingerprint density at radius 1 is 1.43 bits per heavy atom. The largest absolute Gasteiger partial charge is 1.00 e. The summed E-state index contributed by atoms with van der Waals surface area (Å²) in [4.78, 5) is 29.7. The van der Waals surface area contributed by atoms with Crippen LogP contribution in [0.1, 0.15) is 18.9 Å². The van der Waals surface area contributed by atoms with E-state index in [1.54, 1.807) is 7.05 Å². The summed E-state index contributed by atoms with van der Waals surface area (Å²) in [5, 5.41) is 12.7. The van der Waals surface area contributed by atoms with Crippen LogP contribution in [0, 0.1) is 16.5 Å². The zero-order chi connectivity index (χ0) is 15.4. The van der Waals surface area contributed by atoms with Crippen molar-refractivity contribution in [2.45, 2.75) is 20.0 Å². The van der Waals surface area contributed by atoms with Gasteiger partial charge >= 0.3 is 29.6 Å². The third kappa shape index (κ3) is 10.9. The SMILES string of the molecule is C[CH-]CC(=O)NC.O=[C-]OCc1ccc([N+](=O)[O-])cc1.[Na+]. The van der Waals surface area contributed by atoms with Crippen LogP contribution in [0.5, 0.6) is 0 Å². The zero-order valence-corrected chi connectivity index (χ0v) is 14.3. The molecule has 0 radical (unpaired) electrons. The molecule has 1 aromatic carbocycles. The van der Waals surface area contributed by atoms with Crippen molar-refractivity contribution >= 4 is 18.1 Å². The first-order valence-electron chi connectivity index (χ1n) is 5.75. The molecule has 110 valence electrons. The monoisotopic (exact) mass is 303 g/mol. The Morgan fingerprint density at radius 3 is 2.33 bits per heavy atom. The Hall–Kier alpha value is -1.44. The third-order valence-corrected chi connectivity index (χ3v) is 2.11. The van der Waals surface area contributed by atoms with Gasteiger partial charge in [0.2, 0.25) is 0 Å². The van der Waals surface area contributed by atoms with Crippen LogP contribution >= 0.6 is 0 Å². The van der Waals surface area contributed by atoms with Gasteiger partial charge in [0.25, 0.3) is 5.69 Å². The van der Waals surface area contributed by atoms with E-state index >= 15 is 0 Å². The van der Waals surface area contributed by atoms with Crippen LogP contribution in [0.3, 0.4) is 0 Å². The molecule has 1 aromatic rings. The molecule has 8 heteroatoms. The first-order chi connectivity index (χ1) is 9.54. The predicted molar refractivity (Wildman–Crippen MR) is 72.2 cm³/mol. The molecule has 0 bridgehead atoms. The van der Waals surface area contributed by atoms with E-state index in [2.05, 4.69) is 10.1 Å². The molecule has 0 aliphatic carbocycles. The molecule has 0 spiro atoms. The molecular weight excluding hydrogens is 287 g/mol. The second-order valence-electron chi connectivity index (χ2n) is 3.58. The van der Waals surface area contributed by atoms with E-state index in [9.17, 15) is 19.7 Å². The second kappa shape index (κ2) is 13.5. The third-order valence-electron chi connectivity index (χ3n) is 2.11. The number of carbonyl (C=O) groups is 1. The number of carbonyl (C=O) groups excluding carboxylic acids is 2. The Morgan fingerprint density at radius 2 is 2.00 bits per heavy atom. The van der Waals surface area contributed by atoms with E-state index in [-0.39, 0.29) is 47.8 Å². The van der Waals surface area contributed by atoms with Gasteiger partial charge in [-0.15, -0.1) is 0 Å². The number of nitrogens with one attached hydrogen (secondary N) is 1. The fourth-order valence-electron chi connectivity index (χ4n) is 1.11. The normalized spacial score (nSPS) is 8.48. The fraction of sp³-hybridized carbons (Fsp3) is 0.308. The standard InChI is InChI=1S/C8H6NO4.C5H10NO.Na/c10-6-13-5-7-1-3-8(4-2-7)9(11)12;1-3-4-5(7)6-2;/h1-4H,5H2;3H,4H2,1-2H3,(H,6,7);/q2*-1;+1. The van der Waals surface area contributed by atoms with Crippen molar-refractivity contribution in [2.24, 2.45) is 0 Å². The summed E-state index contributed by atoms with van der Waals surface area (Å²) in [6, 6.07) is 5.75. The van der Waals surface area contributed by atoms with Crippen molar-refractivity contribution in [3.05, 3.63) is 46.4 Å². The molecule has 0 heterocycles. The molecule has 7 nitrogen and oxygen atoms in total. The average molecular weight is 303 g/mol. The van der Waals surface area contributed by atoms with E-state index < -0.39 is 4.92 Å². The summed E-state index contributed by atoms with van der Waals surface area (Å²) in [6.45, 7) is 3.21. The second-order valence-corrected chi connectivity index (χ2v) is 3.58. The molecule has 0 aromatic heterocycles. The number of hydrogen-bond donors (Lipinski definition) is 1. The van der Waals surface area contributed by atoms with Crippen LogP contribution in [0.15, 0.2) is 24.3 Å². The molecule has 1 rings (SSSR count). The van der Waals surface area contributed by atoms with Gasteiger partial charge in [0.15, 0.2) is 5.91 Å². The Kier molecular flexibility index (Phi) is 14.1. The smallest absolute Gasteiger partial charge is 0.650 e. The summed E-state index contributed by atoms with van der Waals surface area (Å²) in [5.41, 5.74) is 0.702. The predicted octanol–water partition coefficient (Wildman–Crippen LogP) is -1.47. The van der Waals surface area contributed by atoms with Gasteiger partial charge in [-0.25, -0.2) is 0 Å². The topological polar surface area (TPSA) is 98.5 Å². The van der Waals surface area contributed by atoms with Gasteiger partial charge in [-0.1, -0.05) is 12.9 Å². The van der Waals surface area contributed by atoms with Gasteiger partial charge in [-0.3, -0.25) is 14.9 Å². The minimum atomic E-state index is -0.490. The van der Waals surface area contributed by atoms with Crippen molar-refractivity contribution in [2.75, 3.05) is 7.05 Å². The van der Waals surface area contributed by atoms with Crippen LogP contribution in [0.2, 0.25) is 0 Å². The van der Waals surface area contributed by atoms with E-state index in [4.69, 9.17) is 0 Å². The summed E-state index contributed by atoms with van der Waals surface area (Å²) in [6.07, 6.45) is 2.34. The molecule has 0 atom stereocenters. The summed E-state index contributed by atoms with van der Waals surface area (Å²) in [7, 11) is 1.63. The van der Waals surface area contributed by atoms with Crippen molar-refractivity contribution in [3.63, 3.8) is 0 Å². The molecule has 0 unspecified atom stereocenters. The maximum Gasteiger partial charge on any atom is 1.00 e. The van der Waals surface area contributed by atoms with Gasteiger partial charge in [0, 0.05) is 19.2 Å². The average Bonchev–Trinajstić information content (AvgIpc) is 2.46. The Bertz CT molecular complexity index is 437. The van der Waals surface area contributed by atoms with Crippen LogP contribution in [-0.4, -0.2) is 24.4 Å². The number of non-ortho nitro benzene ring substituents is 1. The first kappa shape index (κ1) is 21.9. The number of nitro groups is 1. The Balaban J connectivity index is 0.